The number of benzene rings is 1. The van der Waals surface area contributed by atoms with Crippen molar-refractivity contribution in [2.75, 3.05) is 13.1 Å². The number of amides is 2. The lowest BCUT2D eigenvalue weighted by Gasteiger charge is -2.34. The maximum atomic E-state index is 12.3. The zero-order chi connectivity index (χ0) is 15.5. The highest BCUT2D eigenvalue weighted by Crippen LogP contribution is 2.29. The van der Waals surface area contributed by atoms with E-state index < -0.39 is 11.3 Å². The molecular weight excluding hydrogens is 264 g/mol. The predicted molar refractivity (Wildman–Crippen MR) is 82.6 cm³/mol. The average Bonchev–Trinajstić information content (AvgIpc) is 2.48. The zero-order valence-corrected chi connectivity index (χ0v) is 12.8. The number of rotatable bonds is 4. The third-order valence-electron chi connectivity index (χ3n) is 4.38. The van der Waals surface area contributed by atoms with Crippen LogP contribution in [-0.2, 0) is 9.59 Å². The van der Waals surface area contributed by atoms with Crippen LogP contribution >= 0.6 is 0 Å². The molecule has 0 atom stereocenters. The molecule has 4 nitrogen and oxygen atoms in total. The van der Waals surface area contributed by atoms with Gasteiger partial charge in [-0.05, 0) is 24.3 Å². The van der Waals surface area contributed by atoms with Crippen molar-refractivity contribution in [2.24, 2.45) is 11.1 Å². The standard InChI is InChI=1S/C17H24N2O2/c1-17(2,16(18)21)12-15(20)19-10-8-14(9-11-19)13-6-4-3-5-7-13/h3-7,14H,8-12H2,1-2H3,(H2,18,21). The number of hydrogen-bond donors (Lipinski definition) is 1. The van der Waals surface area contributed by atoms with Crippen molar-refractivity contribution >= 4 is 11.8 Å². The molecule has 0 aromatic heterocycles. The molecule has 1 aliphatic heterocycles. The second kappa shape index (κ2) is 6.29. The first-order valence-corrected chi connectivity index (χ1v) is 7.53. The van der Waals surface area contributed by atoms with Crippen molar-refractivity contribution in [3.05, 3.63) is 35.9 Å². The molecule has 4 heteroatoms. The van der Waals surface area contributed by atoms with Crippen LogP contribution in [0, 0.1) is 5.41 Å². The van der Waals surface area contributed by atoms with E-state index in [1.54, 1.807) is 13.8 Å². The number of nitrogens with zero attached hydrogens (tertiary/aromatic N) is 1. The molecule has 0 spiro atoms. The van der Waals surface area contributed by atoms with Crippen LogP contribution in [0.15, 0.2) is 30.3 Å². The van der Waals surface area contributed by atoms with E-state index in [0.717, 1.165) is 25.9 Å². The molecule has 2 amide bonds. The Labute approximate surface area is 126 Å². The quantitative estimate of drug-likeness (QED) is 0.924. The highest BCUT2D eigenvalue weighted by atomic mass is 16.2. The fourth-order valence-corrected chi connectivity index (χ4v) is 2.76. The highest BCUT2D eigenvalue weighted by Gasteiger charge is 2.32. The molecule has 0 saturated carbocycles. The van der Waals surface area contributed by atoms with Gasteiger partial charge in [-0.15, -0.1) is 0 Å². The summed E-state index contributed by atoms with van der Waals surface area (Å²) in [5, 5.41) is 0. The van der Waals surface area contributed by atoms with Gasteiger partial charge < -0.3 is 10.6 Å². The molecular formula is C17H24N2O2. The molecule has 1 heterocycles. The largest absolute Gasteiger partial charge is 0.369 e. The van der Waals surface area contributed by atoms with Gasteiger partial charge in [-0.2, -0.15) is 0 Å². The van der Waals surface area contributed by atoms with E-state index in [9.17, 15) is 9.59 Å². The topological polar surface area (TPSA) is 63.4 Å². The molecule has 0 bridgehead atoms. The Morgan fingerprint density at radius 3 is 2.29 bits per heavy atom. The Morgan fingerprint density at radius 1 is 1.19 bits per heavy atom. The van der Waals surface area contributed by atoms with Crippen LogP contribution in [0.2, 0.25) is 0 Å². The summed E-state index contributed by atoms with van der Waals surface area (Å²) in [7, 11) is 0. The number of likely N-dealkylation sites (tertiary alicyclic amines) is 1. The Hall–Kier alpha value is -1.84. The molecule has 0 radical (unpaired) electrons. The van der Waals surface area contributed by atoms with Crippen molar-refractivity contribution in [3.8, 4) is 0 Å². The van der Waals surface area contributed by atoms with Crippen LogP contribution in [0.1, 0.15) is 44.6 Å². The normalized spacial score (nSPS) is 16.8. The second-order valence-electron chi connectivity index (χ2n) is 6.49. The number of carbonyl (C=O) groups is 2. The third-order valence-corrected chi connectivity index (χ3v) is 4.38. The first-order valence-electron chi connectivity index (χ1n) is 7.53. The fraction of sp³-hybridized carbons (Fsp3) is 0.529. The first kappa shape index (κ1) is 15.5. The van der Waals surface area contributed by atoms with Gasteiger partial charge in [0.2, 0.25) is 11.8 Å². The number of piperidine rings is 1. The monoisotopic (exact) mass is 288 g/mol. The van der Waals surface area contributed by atoms with E-state index >= 15 is 0 Å². The van der Waals surface area contributed by atoms with Gasteiger partial charge in [-0.1, -0.05) is 44.2 Å². The molecule has 2 N–H and O–H groups in total. The predicted octanol–water partition coefficient (Wildman–Crippen LogP) is 2.29. The lowest BCUT2D eigenvalue weighted by Crippen LogP contribution is -2.42. The summed E-state index contributed by atoms with van der Waals surface area (Å²) in [6.45, 7) is 4.97. The maximum absolute atomic E-state index is 12.3. The van der Waals surface area contributed by atoms with Crippen LogP contribution < -0.4 is 5.73 Å². The summed E-state index contributed by atoms with van der Waals surface area (Å²) < 4.78 is 0. The van der Waals surface area contributed by atoms with Crippen LogP contribution in [0.4, 0.5) is 0 Å². The van der Waals surface area contributed by atoms with E-state index in [4.69, 9.17) is 5.73 Å². The molecule has 1 fully saturated rings. The summed E-state index contributed by atoms with van der Waals surface area (Å²) in [6.07, 6.45) is 2.15. The van der Waals surface area contributed by atoms with E-state index in [1.165, 1.54) is 5.56 Å². The van der Waals surface area contributed by atoms with Crippen LogP contribution in [0.25, 0.3) is 0 Å². The maximum Gasteiger partial charge on any atom is 0.223 e. The molecule has 1 aromatic rings. The minimum absolute atomic E-state index is 0.0327. The van der Waals surface area contributed by atoms with E-state index in [-0.39, 0.29) is 12.3 Å². The number of carbonyl (C=O) groups excluding carboxylic acids is 2. The minimum Gasteiger partial charge on any atom is -0.369 e. The van der Waals surface area contributed by atoms with Crippen molar-refractivity contribution in [1.29, 1.82) is 0 Å². The number of primary amides is 1. The van der Waals surface area contributed by atoms with Crippen molar-refractivity contribution in [2.45, 2.75) is 39.0 Å². The van der Waals surface area contributed by atoms with Gasteiger partial charge >= 0.3 is 0 Å². The van der Waals surface area contributed by atoms with Crippen LogP contribution in [0.3, 0.4) is 0 Å². The molecule has 21 heavy (non-hydrogen) atoms. The minimum atomic E-state index is -0.770. The number of nitrogens with two attached hydrogens (primary N) is 1. The Kier molecular flexibility index (Phi) is 4.66. The summed E-state index contributed by atoms with van der Waals surface area (Å²) in [5.41, 5.74) is 5.92. The summed E-state index contributed by atoms with van der Waals surface area (Å²) in [4.78, 5) is 25.5. The Bertz CT molecular complexity index is 503. The molecule has 1 aromatic carbocycles. The van der Waals surface area contributed by atoms with Crippen LogP contribution in [0.5, 0.6) is 0 Å². The van der Waals surface area contributed by atoms with Crippen molar-refractivity contribution < 1.29 is 9.59 Å². The van der Waals surface area contributed by atoms with Gasteiger partial charge in [0, 0.05) is 19.5 Å². The lowest BCUT2D eigenvalue weighted by atomic mass is 9.86. The average molecular weight is 288 g/mol. The molecule has 0 unspecified atom stereocenters. The molecule has 1 saturated heterocycles. The summed E-state index contributed by atoms with van der Waals surface area (Å²) in [5.74, 6) is 0.139. The van der Waals surface area contributed by atoms with Crippen LogP contribution in [-0.4, -0.2) is 29.8 Å². The van der Waals surface area contributed by atoms with E-state index in [2.05, 4.69) is 24.3 Å². The molecule has 1 aliphatic rings. The van der Waals surface area contributed by atoms with Gasteiger partial charge in [-0.3, -0.25) is 9.59 Å². The number of hydrogen-bond acceptors (Lipinski definition) is 2. The van der Waals surface area contributed by atoms with Gasteiger partial charge in [0.15, 0.2) is 0 Å². The third kappa shape index (κ3) is 3.84. The fourth-order valence-electron chi connectivity index (χ4n) is 2.76. The zero-order valence-electron chi connectivity index (χ0n) is 12.8. The van der Waals surface area contributed by atoms with Crippen molar-refractivity contribution in [1.82, 2.24) is 4.90 Å². The highest BCUT2D eigenvalue weighted by molar-refractivity contribution is 5.87. The van der Waals surface area contributed by atoms with Gasteiger partial charge in [-0.25, -0.2) is 0 Å². The van der Waals surface area contributed by atoms with Crippen molar-refractivity contribution in [3.63, 3.8) is 0 Å². The smallest absolute Gasteiger partial charge is 0.223 e. The summed E-state index contributed by atoms with van der Waals surface area (Å²) in [6, 6.07) is 10.4. The first-order chi connectivity index (χ1) is 9.90. The van der Waals surface area contributed by atoms with Gasteiger partial charge in [0.1, 0.15) is 0 Å². The molecule has 2 rings (SSSR count). The van der Waals surface area contributed by atoms with Gasteiger partial charge in [0.05, 0.1) is 5.41 Å². The molecule has 114 valence electrons. The van der Waals surface area contributed by atoms with E-state index in [0.29, 0.717) is 5.92 Å². The lowest BCUT2D eigenvalue weighted by molar-refractivity contribution is -0.139. The summed E-state index contributed by atoms with van der Waals surface area (Å²) >= 11 is 0. The van der Waals surface area contributed by atoms with Gasteiger partial charge in [0.25, 0.3) is 0 Å². The Balaban J connectivity index is 1.89. The SMILES string of the molecule is CC(C)(CC(=O)N1CCC(c2ccccc2)CC1)C(N)=O. The Morgan fingerprint density at radius 2 is 1.76 bits per heavy atom. The second-order valence-corrected chi connectivity index (χ2v) is 6.49. The molecule has 0 aliphatic carbocycles. The van der Waals surface area contributed by atoms with E-state index in [1.807, 2.05) is 11.0 Å².